The molecule has 0 unspecified atom stereocenters. The van der Waals surface area contributed by atoms with Gasteiger partial charge in [0.1, 0.15) is 12.4 Å². The maximum atomic E-state index is 9.40. The van der Waals surface area contributed by atoms with Crippen molar-refractivity contribution in [2.75, 3.05) is 6.79 Å². The summed E-state index contributed by atoms with van der Waals surface area (Å²) in [6, 6.07) is 12.7. The standard InChI is InChI=1S/C16H13NO4/c17-7-11-1-3-12(4-2-11)9-19-14-6-16-15(20-10-21-16)5-13(14)8-18/h1-6,18H,8-10H2. The van der Waals surface area contributed by atoms with E-state index < -0.39 is 0 Å². The number of aliphatic hydroxyl groups excluding tert-OH is 1. The van der Waals surface area contributed by atoms with Crippen LogP contribution in [0.15, 0.2) is 36.4 Å². The van der Waals surface area contributed by atoms with Gasteiger partial charge in [-0.05, 0) is 23.8 Å². The van der Waals surface area contributed by atoms with Gasteiger partial charge in [-0.25, -0.2) is 0 Å². The van der Waals surface area contributed by atoms with E-state index in [1.807, 2.05) is 12.1 Å². The van der Waals surface area contributed by atoms with Crippen molar-refractivity contribution in [3.8, 4) is 23.3 Å². The quantitative estimate of drug-likeness (QED) is 0.932. The van der Waals surface area contributed by atoms with Crippen molar-refractivity contribution in [1.82, 2.24) is 0 Å². The van der Waals surface area contributed by atoms with Crippen LogP contribution in [0.1, 0.15) is 16.7 Å². The van der Waals surface area contributed by atoms with Crippen molar-refractivity contribution in [2.24, 2.45) is 0 Å². The van der Waals surface area contributed by atoms with Gasteiger partial charge >= 0.3 is 0 Å². The maximum absolute atomic E-state index is 9.40. The molecule has 1 aliphatic heterocycles. The Kier molecular flexibility index (Phi) is 3.63. The lowest BCUT2D eigenvalue weighted by Gasteiger charge is -2.11. The number of ether oxygens (including phenoxy) is 3. The largest absolute Gasteiger partial charge is 0.488 e. The lowest BCUT2D eigenvalue weighted by atomic mass is 10.1. The molecule has 0 radical (unpaired) electrons. The Labute approximate surface area is 121 Å². The van der Waals surface area contributed by atoms with E-state index >= 15 is 0 Å². The molecule has 106 valence electrons. The van der Waals surface area contributed by atoms with Gasteiger partial charge in [-0.3, -0.25) is 0 Å². The first kappa shape index (κ1) is 13.3. The Hall–Kier alpha value is -2.71. The molecule has 1 heterocycles. The second-order valence-corrected chi connectivity index (χ2v) is 4.57. The third-order valence-electron chi connectivity index (χ3n) is 3.20. The minimum atomic E-state index is -0.140. The molecule has 1 N–H and O–H groups in total. The fourth-order valence-electron chi connectivity index (χ4n) is 2.06. The van der Waals surface area contributed by atoms with Crippen molar-refractivity contribution in [3.05, 3.63) is 53.1 Å². The number of benzene rings is 2. The summed E-state index contributed by atoms with van der Waals surface area (Å²) < 4.78 is 16.3. The molecule has 0 amide bonds. The van der Waals surface area contributed by atoms with E-state index in [9.17, 15) is 5.11 Å². The van der Waals surface area contributed by atoms with Gasteiger partial charge < -0.3 is 19.3 Å². The number of fused-ring (bicyclic) bond motifs is 1. The minimum Gasteiger partial charge on any atom is -0.488 e. The molecule has 5 nitrogen and oxygen atoms in total. The van der Waals surface area contributed by atoms with Crippen molar-refractivity contribution >= 4 is 0 Å². The maximum Gasteiger partial charge on any atom is 0.231 e. The third kappa shape index (κ3) is 2.76. The number of hydrogen-bond acceptors (Lipinski definition) is 5. The number of nitriles is 1. The summed E-state index contributed by atoms with van der Waals surface area (Å²) in [5.74, 6) is 1.79. The normalized spacial score (nSPS) is 12.0. The van der Waals surface area contributed by atoms with Crippen LogP contribution in [-0.2, 0) is 13.2 Å². The molecule has 0 atom stereocenters. The Balaban J connectivity index is 1.76. The van der Waals surface area contributed by atoms with E-state index in [1.54, 1.807) is 24.3 Å². The zero-order chi connectivity index (χ0) is 14.7. The minimum absolute atomic E-state index is 0.140. The first-order chi connectivity index (χ1) is 10.3. The molecule has 0 bridgehead atoms. The lowest BCUT2D eigenvalue weighted by Crippen LogP contribution is -1.99. The summed E-state index contributed by atoms with van der Waals surface area (Å²) in [4.78, 5) is 0. The smallest absolute Gasteiger partial charge is 0.231 e. The number of nitrogens with zero attached hydrogens (tertiary/aromatic N) is 1. The summed E-state index contributed by atoms with van der Waals surface area (Å²) in [6.07, 6.45) is 0. The monoisotopic (exact) mass is 283 g/mol. The highest BCUT2D eigenvalue weighted by Crippen LogP contribution is 2.38. The summed E-state index contributed by atoms with van der Waals surface area (Å²) in [6.45, 7) is 0.386. The van der Waals surface area contributed by atoms with Crippen molar-refractivity contribution < 1.29 is 19.3 Å². The predicted molar refractivity (Wildman–Crippen MR) is 74.0 cm³/mol. The van der Waals surface area contributed by atoms with E-state index in [0.29, 0.717) is 35.0 Å². The molecule has 2 aromatic rings. The molecule has 5 heteroatoms. The molecule has 0 saturated heterocycles. The number of aliphatic hydroxyl groups is 1. The molecule has 0 fully saturated rings. The molecule has 1 aliphatic rings. The molecule has 0 aliphatic carbocycles. The first-order valence-corrected chi connectivity index (χ1v) is 6.45. The van der Waals surface area contributed by atoms with Gasteiger partial charge in [0.15, 0.2) is 11.5 Å². The van der Waals surface area contributed by atoms with Gasteiger partial charge in [-0.2, -0.15) is 5.26 Å². The van der Waals surface area contributed by atoms with Crippen molar-refractivity contribution in [3.63, 3.8) is 0 Å². The molecule has 0 spiro atoms. The highest BCUT2D eigenvalue weighted by Gasteiger charge is 2.17. The van der Waals surface area contributed by atoms with E-state index in [-0.39, 0.29) is 13.4 Å². The molecular weight excluding hydrogens is 270 g/mol. The highest BCUT2D eigenvalue weighted by molar-refractivity contribution is 5.51. The van der Waals surface area contributed by atoms with Gasteiger partial charge in [0.25, 0.3) is 0 Å². The molecule has 0 saturated carbocycles. The van der Waals surface area contributed by atoms with E-state index in [1.165, 1.54) is 0 Å². The molecule has 2 aromatic carbocycles. The summed E-state index contributed by atoms with van der Waals surface area (Å²) in [5.41, 5.74) is 2.20. The average Bonchev–Trinajstić information content (AvgIpc) is 2.99. The van der Waals surface area contributed by atoms with Crippen LogP contribution in [-0.4, -0.2) is 11.9 Å². The van der Waals surface area contributed by atoms with E-state index in [0.717, 1.165) is 5.56 Å². The lowest BCUT2D eigenvalue weighted by molar-refractivity contribution is 0.173. The van der Waals surface area contributed by atoms with Crippen LogP contribution in [0.5, 0.6) is 17.2 Å². The zero-order valence-corrected chi connectivity index (χ0v) is 11.2. The Morgan fingerprint density at radius 1 is 1.14 bits per heavy atom. The van der Waals surface area contributed by atoms with Crippen LogP contribution in [0.3, 0.4) is 0 Å². The average molecular weight is 283 g/mol. The van der Waals surface area contributed by atoms with Crippen LogP contribution in [0.25, 0.3) is 0 Å². The van der Waals surface area contributed by atoms with Crippen molar-refractivity contribution in [2.45, 2.75) is 13.2 Å². The van der Waals surface area contributed by atoms with Crippen LogP contribution in [0.2, 0.25) is 0 Å². The van der Waals surface area contributed by atoms with E-state index in [2.05, 4.69) is 6.07 Å². The van der Waals surface area contributed by atoms with Gasteiger partial charge in [0.2, 0.25) is 6.79 Å². The molecular formula is C16H13NO4. The second-order valence-electron chi connectivity index (χ2n) is 4.57. The van der Waals surface area contributed by atoms with Gasteiger partial charge in [-0.1, -0.05) is 12.1 Å². The number of hydrogen-bond donors (Lipinski definition) is 1. The van der Waals surface area contributed by atoms with Crippen LogP contribution in [0.4, 0.5) is 0 Å². The van der Waals surface area contributed by atoms with Crippen molar-refractivity contribution in [1.29, 1.82) is 5.26 Å². The predicted octanol–water partition coefficient (Wildman–Crippen LogP) is 2.36. The summed E-state index contributed by atoms with van der Waals surface area (Å²) >= 11 is 0. The zero-order valence-electron chi connectivity index (χ0n) is 11.2. The Morgan fingerprint density at radius 2 is 1.86 bits per heavy atom. The molecule has 0 aromatic heterocycles. The van der Waals surface area contributed by atoms with Crippen LogP contribution < -0.4 is 14.2 Å². The van der Waals surface area contributed by atoms with Gasteiger partial charge in [-0.15, -0.1) is 0 Å². The Morgan fingerprint density at radius 3 is 2.52 bits per heavy atom. The first-order valence-electron chi connectivity index (χ1n) is 6.45. The molecule has 3 rings (SSSR count). The highest BCUT2D eigenvalue weighted by atomic mass is 16.7. The van der Waals surface area contributed by atoms with Crippen LogP contribution >= 0.6 is 0 Å². The second kappa shape index (κ2) is 5.73. The van der Waals surface area contributed by atoms with Crippen LogP contribution in [0, 0.1) is 11.3 Å². The van der Waals surface area contributed by atoms with Gasteiger partial charge in [0, 0.05) is 11.6 Å². The molecule has 21 heavy (non-hydrogen) atoms. The topological polar surface area (TPSA) is 71.7 Å². The van der Waals surface area contributed by atoms with E-state index in [4.69, 9.17) is 19.5 Å². The third-order valence-corrected chi connectivity index (χ3v) is 3.20. The number of rotatable bonds is 4. The summed E-state index contributed by atoms with van der Waals surface area (Å²) in [5, 5.41) is 18.2. The SMILES string of the molecule is N#Cc1ccc(COc2cc3c(cc2CO)OCO3)cc1. The van der Waals surface area contributed by atoms with Gasteiger partial charge in [0.05, 0.1) is 18.2 Å². The summed E-state index contributed by atoms with van der Waals surface area (Å²) in [7, 11) is 0. The Bertz CT molecular complexity index is 689. The fourth-order valence-corrected chi connectivity index (χ4v) is 2.06. The fraction of sp³-hybridized carbons (Fsp3) is 0.188.